The molecule has 3 rings (SSSR count). The molecule has 5 heteroatoms. The van der Waals surface area contributed by atoms with E-state index in [1.165, 1.54) is 6.42 Å². The van der Waals surface area contributed by atoms with E-state index in [0.29, 0.717) is 11.6 Å². The number of amides is 1. The molecule has 1 aliphatic heterocycles. The molecule has 130 valence electrons. The lowest BCUT2D eigenvalue weighted by Gasteiger charge is -2.33. The van der Waals surface area contributed by atoms with Crippen LogP contribution in [0.1, 0.15) is 55.8 Å². The molecule has 0 aromatic heterocycles. The van der Waals surface area contributed by atoms with E-state index in [2.05, 4.69) is 17.1 Å². The number of carboxylic acids is 1. The molecular formula is C19H26N2O3. The number of nitrogens with zero attached hydrogens (tertiary/aromatic N) is 1. The molecule has 0 bridgehead atoms. The van der Waals surface area contributed by atoms with Crippen molar-refractivity contribution in [3.05, 3.63) is 23.8 Å². The van der Waals surface area contributed by atoms with Gasteiger partial charge in [-0.25, -0.2) is 4.79 Å². The molecule has 1 heterocycles. The first kappa shape index (κ1) is 16.8. The maximum atomic E-state index is 12.3. The summed E-state index contributed by atoms with van der Waals surface area (Å²) in [5, 5.41) is 12.4. The molecular weight excluding hydrogens is 304 g/mol. The first-order valence-electron chi connectivity index (χ1n) is 8.97. The van der Waals surface area contributed by atoms with Gasteiger partial charge in [-0.1, -0.05) is 19.8 Å². The van der Waals surface area contributed by atoms with E-state index >= 15 is 0 Å². The molecule has 0 spiro atoms. The van der Waals surface area contributed by atoms with Gasteiger partial charge in [-0.2, -0.15) is 0 Å². The van der Waals surface area contributed by atoms with Crippen molar-refractivity contribution in [1.29, 1.82) is 0 Å². The number of benzene rings is 1. The summed E-state index contributed by atoms with van der Waals surface area (Å²) in [6.07, 6.45) is 6.31. The van der Waals surface area contributed by atoms with Gasteiger partial charge in [0, 0.05) is 24.7 Å². The van der Waals surface area contributed by atoms with Crippen LogP contribution in [0.15, 0.2) is 18.2 Å². The van der Waals surface area contributed by atoms with Crippen LogP contribution in [0.5, 0.6) is 0 Å². The lowest BCUT2D eigenvalue weighted by atomic mass is 9.99. The molecule has 1 saturated carbocycles. The zero-order valence-electron chi connectivity index (χ0n) is 14.3. The van der Waals surface area contributed by atoms with Crippen LogP contribution in [-0.4, -0.2) is 30.1 Å². The number of carbonyl (C=O) groups is 2. The van der Waals surface area contributed by atoms with Crippen LogP contribution >= 0.6 is 0 Å². The first-order valence-corrected chi connectivity index (χ1v) is 8.97. The van der Waals surface area contributed by atoms with Gasteiger partial charge in [-0.3, -0.25) is 4.79 Å². The highest BCUT2D eigenvalue weighted by Gasteiger charge is 2.25. The topological polar surface area (TPSA) is 69.6 Å². The van der Waals surface area contributed by atoms with Gasteiger partial charge in [-0.05, 0) is 49.8 Å². The maximum Gasteiger partial charge on any atom is 0.337 e. The summed E-state index contributed by atoms with van der Waals surface area (Å²) in [5.41, 5.74) is 1.52. The minimum atomic E-state index is -0.997. The lowest BCUT2D eigenvalue weighted by molar-refractivity contribution is -0.119. The number of hydrogen-bond acceptors (Lipinski definition) is 3. The van der Waals surface area contributed by atoms with Crippen LogP contribution in [0.3, 0.4) is 0 Å². The zero-order valence-corrected chi connectivity index (χ0v) is 14.3. The highest BCUT2D eigenvalue weighted by Crippen LogP contribution is 2.30. The van der Waals surface area contributed by atoms with Gasteiger partial charge in [0.15, 0.2) is 0 Å². The van der Waals surface area contributed by atoms with Crippen LogP contribution in [0, 0.1) is 11.8 Å². The maximum absolute atomic E-state index is 12.3. The van der Waals surface area contributed by atoms with Gasteiger partial charge in [0.25, 0.3) is 0 Å². The Morgan fingerprint density at radius 3 is 2.58 bits per heavy atom. The Hall–Kier alpha value is -2.04. The van der Waals surface area contributed by atoms with Crippen molar-refractivity contribution in [3.8, 4) is 0 Å². The average Bonchev–Trinajstić information content (AvgIpc) is 3.09. The predicted octanol–water partition coefficient (Wildman–Crippen LogP) is 3.75. The Balaban J connectivity index is 1.79. The quantitative estimate of drug-likeness (QED) is 0.882. The molecule has 1 aromatic carbocycles. The third-order valence-electron chi connectivity index (χ3n) is 5.24. The number of aromatic carboxylic acids is 1. The molecule has 1 amide bonds. The number of carbonyl (C=O) groups excluding carboxylic acids is 1. The largest absolute Gasteiger partial charge is 0.478 e. The zero-order chi connectivity index (χ0) is 17.1. The minimum Gasteiger partial charge on any atom is -0.478 e. The molecule has 24 heavy (non-hydrogen) atoms. The number of piperidine rings is 1. The Bertz CT molecular complexity index is 623. The molecule has 0 radical (unpaired) electrons. The third kappa shape index (κ3) is 3.71. The van der Waals surface area contributed by atoms with Crippen LogP contribution in [-0.2, 0) is 4.79 Å². The number of nitrogens with one attached hydrogen (secondary N) is 1. The van der Waals surface area contributed by atoms with Crippen molar-refractivity contribution in [2.75, 3.05) is 23.3 Å². The summed E-state index contributed by atoms with van der Waals surface area (Å²) in [4.78, 5) is 26.2. The van der Waals surface area contributed by atoms with Crippen molar-refractivity contribution >= 4 is 23.3 Å². The summed E-state index contributed by atoms with van der Waals surface area (Å²) < 4.78 is 0. The normalized spacial score (nSPS) is 21.7. The Morgan fingerprint density at radius 1 is 1.17 bits per heavy atom. The van der Waals surface area contributed by atoms with E-state index < -0.39 is 5.97 Å². The van der Waals surface area contributed by atoms with Crippen molar-refractivity contribution in [1.82, 2.24) is 0 Å². The van der Waals surface area contributed by atoms with E-state index in [1.54, 1.807) is 12.1 Å². The molecule has 2 N–H and O–H groups in total. The Morgan fingerprint density at radius 2 is 1.92 bits per heavy atom. The summed E-state index contributed by atoms with van der Waals surface area (Å²) in [7, 11) is 0. The second kappa shape index (κ2) is 7.24. The first-order chi connectivity index (χ1) is 11.5. The number of rotatable bonds is 4. The molecule has 1 atom stereocenters. The van der Waals surface area contributed by atoms with Crippen molar-refractivity contribution < 1.29 is 14.7 Å². The van der Waals surface area contributed by atoms with E-state index in [4.69, 9.17) is 0 Å². The molecule has 0 unspecified atom stereocenters. The molecule has 2 fully saturated rings. The summed E-state index contributed by atoms with van der Waals surface area (Å²) in [6, 6.07) is 5.37. The standard InChI is InChI=1S/C19H26N2O3/c1-13-5-4-10-21(12-13)15-8-9-17(16(11-15)19(23)24)20-18(22)14-6-2-3-7-14/h8-9,11,13-14H,2-7,10,12H2,1H3,(H,20,22)(H,23,24)/t13-/m0/s1. The average molecular weight is 330 g/mol. The Labute approximate surface area is 143 Å². The highest BCUT2D eigenvalue weighted by atomic mass is 16.4. The summed E-state index contributed by atoms with van der Waals surface area (Å²) in [5.74, 6) is -0.402. The van der Waals surface area contributed by atoms with E-state index in [1.807, 2.05) is 6.07 Å². The summed E-state index contributed by atoms with van der Waals surface area (Å²) >= 11 is 0. The van der Waals surface area contributed by atoms with E-state index in [-0.39, 0.29) is 17.4 Å². The van der Waals surface area contributed by atoms with Gasteiger partial charge in [0.1, 0.15) is 0 Å². The van der Waals surface area contributed by atoms with Crippen molar-refractivity contribution in [3.63, 3.8) is 0 Å². The number of anilines is 2. The van der Waals surface area contributed by atoms with Crippen molar-refractivity contribution in [2.24, 2.45) is 11.8 Å². The van der Waals surface area contributed by atoms with Gasteiger partial charge in [0.05, 0.1) is 11.3 Å². The number of hydrogen-bond donors (Lipinski definition) is 2. The highest BCUT2D eigenvalue weighted by molar-refractivity contribution is 6.02. The van der Waals surface area contributed by atoms with Gasteiger partial charge < -0.3 is 15.3 Å². The molecule has 2 aliphatic rings. The van der Waals surface area contributed by atoms with Gasteiger partial charge >= 0.3 is 5.97 Å². The van der Waals surface area contributed by atoms with E-state index in [9.17, 15) is 14.7 Å². The predicted molar refractivity (Wildman–Crippen MR) is 94.6 cm³/mol. The fourth-order valence-electron chi connectivity index (χ4n) is 3.86. The van der Waals surface area contributed by atoms with Crippen LogP contribution in [0.4, 0.5) is 11.4 Å². The van der Waals surface area contributed by atoms with E-state index in [0.717, 1.165) is 50.9 Å². The van der Waals surface area contributed by atoms with Crippen LogP contribution < -0.4 is 10.2 Å². The second-order valence-electron chi connectivity index (χ2n) is 7.20. The third-order valence-corrected chi connectivity index (χ3v) is 5.24. The SMILES string of the molecule is C[C@H]1CCCN(c2ccc(NC(=O)C3CCCC3)c(C(=O)O)c2)C1. The molecule has 1 aromatic rings. The molecule has 1 saturated heterocycles. The number of carboxylic acid groups (broad SMARTS) is 1. The monoisotopic (exact) mass is 330 g/mol. The fraction of sp³-hybridized carbons (Fsp3) is 0.579. The molecule has 5 nitrogen and oxygen atoms in total. The van der Waals surface area contributed by atoms with Gasteiger partial charge in [0.2, 0.25) is 5.91 Å². The Kier molecular flexibility index (Phi) is 5.07. The van der Waals surface area contributed by atoms with Gasteiger partial charge in [-0.15, -0.1) is 0 Å². The summed E-state index contributed by atoms with van der Waals surface area (Å²) in [6.45, 7) is 4.13. The minimum absolute atomic E-state index is 0.0225. The smallest absolute Gasteiger partial charge is 0.337 e. The van der Waals surface area contributed by atoms with Crippen molar-refractivity contribution in [2.45, 2.75) is 45.4 Å². The lowest BCUT2D eigenvalue weighted by Crippen LogP contribution is -2.34. The van der Waals surface area contributed by atoms with Crippen LogP contribution in [0.2, 0.25) is 0 Å². The fourth-order valence-corrected chi connectivity index (χ4v) is 3.86. The van der Waals surface area contributed by atoms with Crippen LogP contribution in [0.25, 0.3) is 0 Å². The second-order valence-corrected chi connectivity index (χ2v) is 7.20. The molecule has 1 aliphatic carbocycles.